The Kier molecular flexibility index (Phi) is 5.05. The molecule has 0 bridgehead atoms. The van der Waals surface area contributed by atoms with Crippen LogP contribution in [0.25, 0.3) is 0 Å². The summed E-state index contributed by atoms with van der Waals surface area (Å²) in [7, 11) is 0. The maximum atomic E-state index is 11.7. The fourth-order valence-electron chi connectivity index (χ4n) is 1.57. The topological polar surface area (TPSA) is 84.7 Å². The number of hydrogen-bond acceptors (Lipinski definition) is 4. The fourth-order valence-corrected chi connectivity index (χ4v) is 1.79. The zero-order chi connectivity index (χ0) is 14.4. The zero-order valence-electron chi connectivity index (χ0n) is 11.0. The zero-order valence-corrected chi connectivity index (χ0v) is 12.6. The van der Waals surface area contributed by atoms with Gasteiger partial charge in [-0.1, -0.05) is 5.21 Å². The van der Waals surface area contributed by atoms with Gasteiger partial charge in [-0.3, -0.25) is 10.00 Å². The summed E-state index contributed by atoms with van der Waals surface area (Å²) in [4.78, 5) is 15.9. The molecule has 0 spiro atoms. The first-order valence-corrected chi connectivity index (χ1v) is 6.96. The van der Waals surface area contributed by atoms with Crippen LogP contribution < -0.4 is 10.6 Å². The average Bonchev–Trinajstić information content (AvgIpc) is 2.92. The second-order valence-corrected chi connectivity index (χ2v) is 5.02. The minimum Gasteiger partial charge on any atom is -0.338 e. The van der Waals surface area contributed by atoms with E-state index >= 15 is 0 Å². The van der Waals surface area contributed by atoms with Crippen molar-refractivity contribution in [3.05, 3.63) is 34.7 Å². The number of carbonyl (C=O) groups excluding carboxylic acids is 1. The van der Waals surface area contributed by atoms with Gasteiger partial charge in [0.2, 0.25) is 0 Å². The van der Waals surface area contributed by atoms with Gasteiger partial charge in [-0.15, -0.1) is 5.10 Å². The number of aromatic nitrogens is 4. The maximum Gasteiger partial charge on any atom is 0.320 e. The average molecular weight is 339 g/mol. The number of urea groups is 1. The van der Waals surface area contributed by atoms with Crippen LogP contribution in [0.15, 0.2) is 29.0 Å². The predicted molar refractivity (Wildman–Crippen MR) is 78.3 cm³/mol. The Labute approximate surface area is 124 Å². The third kappa shape index (κ3) is 4.30. The van der Waals surface area contributed by atoms with Crippen molar-refractivity contribution >= 4 is 27.8 Å². The molecule has 0 unspecified atom stereocenters. The Hall–Kier alpha value is -1.96. The van der Waals surface area contributed by atoms with E-state index in [1.165, 1.54) is 0 Å². The van der Waals surface area contributed by atoms with Gasteiger partial charge in [0.05, 0.1) is 11.9 Å². The van der Waals surface area contributed by atoms with E-state index in [1.54, 1.807) is 23.1 Å². The Bertz CT molecular complexity index is 571. The minimum absolute atomic E-state index is 0.266. The van der Waals surface area contributed by atoms with Crippen molar-refractivity contribution in [1.29, 1.82) is 0 Å². The third-order valence-electron chi connectivity index (χ3n) is 2.58. The third-order valence-corrected chi connectivity index (χ3v) is 3.42. The van der Waals surface area contributed by atoms with E-state index in [2.05, 4.69) is 41.9 Å². The normalized spacial score (nSPS) is 10.3. The molecular weight excluding hydrogens is 324 g/mol. The summed E-state index contributed by atoms with van der Waals surface area (Å²) in [5.74, 6) is 0.527. The van der Waals surface area contributed by atoms with Gasteiger partial charge in [0, 0.05) is 23.8 Å². The van der Waals surface area contributed by atoms with Gasteiger partial charge in [0.25, 0.3) is 0 Å². The molecule has 106 valence electrons. The predicted octanol–water partition coefficient (Wildman–Crippen LogP) is 1.96. The molecule has 2 heterocycles. The molecule has 0 fully saturated rings. The van der Waals surface area contributed by atoms with Crippen LogP contribution in [0, 0.1) is 6.92 Å². The standard InChI is InChI=1S/C12H15BrN6O/c1-9-10(13)3-4-11(16-9)17-12(20)14-5-2-7-19-8-6-15-18-19/h3-4,6,8H,2,5,7H2,1H3,(H2,14,16,17,20). The molecule has 0 atom stereocenters. The molecule has 2 aromatic rings. The molecule has 7 nitrogen and oxygen atoms in total. The largest absolute Gasteiger partial charge is 0.338 e. The van der Waals surface area contributed by atoms with E-state index in [0.29, 0.717) is 12.4 Å². The van der Waals surface area contributed by atoms with E-state index in [-0.39, 0.29) is 6.03 Å². The number of aryl methyl sites for hydroxylation is 2. The van der Waals surface area contributed by atoms with Crippen LogP contribution in [0.4, 0.5) is 10.6 Å². The van der Waals surface area contributed by atoms with Crippen molar-refractivity contribution in [2.24, 2.45) is 0 Å². The lowest BCUT2D eigenvalue weighted by Crippen LogP contribution is -2.30. The van der Waals surface area contributed by atoms with Crippen LogP contribution in [0.1, 0.15) is 12.1 Å². The summed E-state index contributed by atoms with van der Waals surface area (Å²) in [6.07, 6.45) is 4.19. The first kappa shape index (κ1) is 14.4. The maximum absolute atomic E-state index is 11.7. The highest BCUT2D eigenvalue weighted by Gasteiger charge is 2.04. The Morgan fingerprint density at radius 3 is 3.00 bits per heavy atom. The summed E-state index contributed by atoms with van der Waals surface area (Å²) < 4.78 is 2.63. The highest BCUT2D eigenvalue weighted by molar-refractivity contribution is 9.10. The second-order valence-electron chi connectivity index (χ2n) is 4.16. The van der Waals surface area contributed by atoms with Crippen molar-refractivity contribution in [2.45, 2.75) is 19.9 Å². The van der Waals surface area contributed by atoms with Crippen molar-refractivity contribution in [3.8, 4) is 0 Å². The Morgan fingerprint density at radius 1 is 1.45 bits per heavy atom. The smallest absolute Gasteiger partial charge is 0.320 e. The van der Waals surface area contributed by atoms with Crippen LogP contribution in [-0.4, -0.2) is 32.6 Å². The highest BCUT2D eigenvalue weighted by Crippen LogP contribution is 2.15. The monoisotopic (exact) mass is 338 g/mol. The quantitative estimate of drug-likeness (QED) is 0.816. The number of halogens is 1. The number of nitrogens with zero attached hydrogens (tertiary/aromatic N) is 4. The van der Waals surface area contributed by atoms with E-state index < -0.39 is 0 Å². The highest BCUT2D eigenvalue weighted by atomic mass is 79.9. The number of hydrogen-bond donors (Lipinski definition) is 2. The molecule has 2 amide bonds. The van der Waals surface area contributed by atoms with Gasteiger partial charge < -0.3 is 5.32 Å². The summed E-state index contributed by atoms with van der Waals surface area (Å²) in [5, 5.41) is 13.0. The van der Waals surface area contributed by atoms with Crippen LogP contribution in [0.2, 0.25) is 0 Å². The fraction of sp³-hybridized carbons (Fsp3) is 0.333. The molecule has 0 saturated carbocycles. The number of anilines is 1. The van der Waals surface area contributed by atoms with Gasteiger partial charge >= 0.3 is 6.03 Å². The Morgan fingerprint density at radius 2 is 2.30 bits per heavy atom. The van der Waals surface area contributed by atoms with Crippen LogP contribution in [0.3, 0.4) is 0 Å². The van der Waals surface area contributed by atoms with Crippen LogP contribution >= 0.6 is 15.9 Å². The van der Waals surface area contributed by atoms with Crippen molar-refractivity contribution in [1.82, 2.24) is 25.3 Å². The van der Waals surface area contributed by atoms with E-state index in [0.717, 1.165) is 23.1 Å². The molecule has 0 saturated heterocycles. The van der Waals surface area contributed by atoms with Gasteiger partial charge in [-0.25, -0.2) is 9.78 Å². The number of pyridine rings is 1. The molecule has 0 aliphatic rings. The summed E-state index contributed by atoms with van der Waals surface area (Å²) in [6, 6.07) is 3.33. The number of nitrogens with one attached hydrogen (secondary N) is 2. The van der Waals surface area contributed by atoms with Crippen LogP contribution in [-0.2, 0) is 6.54 Å². The molecule has 2 N–H and O–H groups in total. The molecule has 0 aromatic carbocycles. The summed E-state index contributed by atoms with van der Waals surface area (Å²) >= 11 is 3.36. The number of rotatable bonds is 5. The SMILES string of the molecule is Cc1nc(NC(=O)NCCCn2ccnn2)ccc1Br. The lowest BCUT2D eigenvalue weighted by Gasteiger charge is -2.08. The first-order chi connectivity index (χ1) is 9.65. The van der Waals surface area contributed by atoms with Gasteiger partial charge in [-0.05, 0) is 41.4 Å². The van der Waals surface area contributed by atoms with E-state index in [4.69, 9.17) is 0 Å². The van der Waals surface area contributed by atoms with E-state index in [9.17, 15) is 4.79 Å². The molecular formula is C12H15BrN6O. The molecule has 20 heavy (non-hydrogen) atoms. The summed E-state index contributed by atoms with van der Waals surface area (Å²) in [5.41, 5.74) is 0.828. The first-order valence-electron chi connectivity index (χ1n) is 6.17. The van der Waals surface area contributed by atoms with Crippen molar-refractivity contribution in [2.75, 3.05) is 11.9 Å². The molecule has 2 rings (SSSR count). The Balaban J connectivity index is 1.71. The van der Waals surface area contributed by atoms with Gasteiger partial charge in [-0.2, -0.15) is 0 Å². The molecule has 2 aromatic heterocycles. The minimum atomic E-state index is -0.266. The number of amides is 2. The lowest BCUT2D eigenvalue weighted by molar-refractivity contribution is 0.251. The van der Waals surface area contributed by atoms with Crippen molar-refractivity contribution in [3.63, 3.8) is 0 Å². The van der Waals surface area contributed by atoms with Gasteiger partial charge in [0.1, 0.15) is 5.82 Å². The van der Waals surface area contributed by atoms with Gasteiger partial charge in [0.15, 0.2) is 0 Å². The van der Waals surface area contributed by atoms with Crippen LogP contribution in [0.5, 0.6) is 0 Å². The summed E-state index contributed by atoms with van der Waals surface area (Å²) in [6.45, 7) is 3.14. The van der Waals surface area contributed by atoms with Crippen molar-refractivity contribution < 1.29 is 4.79 Å². The number of carbonyl (C=O) groups is 1. The van der Waals surface area contributed by atoms with E-state index in [1.807, 2.05) is 13.0 Å². The molecule has 8 heteroatoms. The second kappa shape index (κ2) is 6.99. The molecule has 0 radical (unpaired) electrons. The molecule has 0 aliphatic carbocycles. The molecule has 0 aliphatic heterocycles. The lowest BCUT2D eigenvalue weighted by atomic mass is 10.4.